The molecule has 0 saturated carbocycles. The zero-order valence-corrected chi connectivity index (χ0v) is 12.4. The molecule has 1 aromatic rings. The minimum atomic E-state index is -0.0832. The van der Waals surface area contributed by atoms with Gasteiger partial charge in [0.15, 0.2) is 5.75 Å². The van der Waals surface area contributed by atoms with Crippen molar-refractivity contribution in [2.45, 2.75) is 12.5 Å². The molecule has 1 amide bonds. The number of rotatable bonds is 3. The van der Waals surface area contributed by atoms with E-state index in [0.717, 1.165) is 19.5 Å². The van der Waals surface area contributed by atoms with E-state index in [1.807, 2.05) is 0 Å². The van der Waals surface area contributed by atoms with Crippen LogP contribution in [-0.2, 0) is 0 Å². The molecule has 4 nitrogen and oxygen atoms in total. The van der Waals surface area contributed by atoms with E-state index in [4.69, 9.17) is 27.9 Å². The van der Waals surface area contributed by atoms with Crippen LogP contribution in [0.2, 0.25) is 10.0 Å². The lowest BCUT2D eigenvalue weighted by Crippen LogP contribution is -2.38. The van der Waals surface area contributed by atoms with Gasteiger partial charge in [0.25, 0.3) is 5.91 Å². The number of halogens is 2. The molecule has 0 bridgehead atoms. The van der Waals surface area contributed by atoms with E-state index in [9.17, 15) is 4.79 Å². The predicted molar refractivity (Wildman–Crippen MR) is 76.4 cm³/mol. The van der Waals surface area contributed by atoms with Gasteiger partial charge in [-0.05, 0) is 25.1 Å². The monoisotopic (exact) mass is 302 g/mol. The van der Waals surface area contributed by atoms with E-state index >= 15 is 0 Å². The molecular weight excluding hydrogens is 287 g/mol. The van der Waals surface area contributed by atoms with E-state index in [1.165, 1.54) is 7.11 Å². The van der Waals surface area contributed by atoms with Gasteiger partial charge in [0, 0.05) is 25.2 Å². The Morgan fingerprint density at radius 1 is 1.42 bits per heavy atom. The van der Waals surface area contributed by atoms with E-state index in [-0.39, 0.29) is 11.9 Å². The first-order valence-electron chi connectivity index (χ1n) is 6.05. The third-order valence-corrected chi connectivity index (χ3v) is 3.91. The normalized spacial score (nSPS) is 18.4. The molecule has 1 unspecified atom stereocenters. The molecule has 1 aliphatic rings. The van der Waals surface area contributed by atoms with Crippen LogP contribution in [0.3, 0.4) is 0 Å². The fourth-order valence-electron chi connectivity index (χ4n) is 2.22. The first-order valence-corrected chi connectivity index (χ1v) is 6.81. The average Bonchev–Trinajstić information content (AvgIpc) is 2.90. The van der Waals surface area contributed by atoms with Gasteiger partial charge in [-0.3, -0.25) is 4.79 Å². The maximum Gasteiger partial charge on any atom is 0.253 e. The summed E-state index contributed by atoms with van der Waals surface area (Å²) in [6.45, 7) is 1.76. The molecule has 1 N–H and O–H groups in total. The highest BCUT2D eigenvalue weighted by molar-refractivity contribution is 6.37. The highest BCUT2D eigenvalue weighted by atomic mass is 35.5. The molecule has 0 radical (unpaired) electrons. The second-order valence-electron chi connectivity index (χ2n) is 4.54. The summed E-state index contributed by atoms with van der Waals surface area (Å²) < 4.78 is 5.07. The molecule has 19 heavy (non-hydrogen) atoms. The largest absolute Gasteiger partial charge is 0.494 e. The molecule has 6 heteroatoms. The Morgan fingerprint density at radius 3 is 2.53 bits per heavy atom. The topological polar surface area (TPSA) is 41.6 Å². The lowest BCUT2D eigenvalue weighted by atomic mass is 10.1. The number of carbonyl (C=O) groups excluding carboxylic acids is 1. The number of nitrogens with zero attached hydrogens (tertiary/aromatic N) is 1. The maximum absolute atomic E-state index is 12.4. The number of benzene rings is 1. The van der Waals surface area contributed by atoms with Crippen molar-refractivity contribution in [2.24, 2.45) is 0 Å². The van der Waals surface area contributed by atoms with Gasteiger partial charge in [-0.2, -0.15) is 0 Å². The van der Waals surface area contributed by atoms with Crippen molar-refractivity contribution in [2.75, 3.05) is 27.2 Å². The Morgan fingerprint density at radius 2 is 2.05 bits per heavy atom. The number of ether oxygens (including phenoxy) is 1. The SMILES string of the molecule is COc1c(Cl)cc(C(=O)N(C)C2CCNC2)cc1Cl. The first-order chi connectivity index (χ1) is 9.04. The number of amides is 1. The summed E-state index contributed by atoms with van der Waals surface area (Å²) in [6, 6.07) is 3.40. The van der Waals surface area contributed by atoms with Crippen LogP contribution in [0.5, 0.6) is 5.75 Å². The fraction of sp³-hybridized carbons (Fsp3) is 0.462. The Kier molecular flexibility index (Phi) is 4.55. The molecule has 2 rings (SSSR count). The Bertz CT molecular complexity index is 465. The summed E-state index contributed by atoms with van der Waals surface area (Å²) in [4.78, 5) is 14.1. The molecule has 1 aliphatic heterocycles. The lowest BCUT2D eigenvalue weighted by Gasteiger charge is -2.24. The van der Waals surface area contributed by atoms with Crippen LogP contribution in [-0.4, -0.2) is 44.1 Å². The van der Waals surface area contributed by atoms with E-state index < -0.39 is 0 Å². The summed E-state index contributed by atoms with van der Waals surface area (Å²) in [5, 5.41) is 3.92. The third kappa shape index (κ3) is 2.96. The van der Waals surface area contributed by atoms with Gasteiger partial charge in [-0.1, -0.05) is 23.2 Å². The molecule has 1 saturated heterocycles. The quantitative estimate of drug-likeness (QED) is 0.932. The smallest absolute Gasteiger partial charge is 0.253 e. The van der Waals surface area contributed by atoms with Crippen LogP contribution >= 0.6 is 23.2 Å². The van der Waals surface area contributed by atoms with Crippen molar-refractivity contribution in [3.05, 3.63) is 27.7 Å². The van der Waals surface area contributed by atoms with Crippen molar-refractivity contribution in [3.8, 4) is 5.75 Å². The van der Waals surface area contributed by atoms with Crippen LogP contribution in [0.4, 0.5) is 0 Å². The second-order valence-corrected chi connectivity index (χ2v) is 5.35. The molecule has 1 aromatic carbocycles. The van der Waals surface area contributed by atoms with Crippen LogP contribution in [0.1, 0.15) is 16.8 Å². The summed E-state index contributed by atoms with van der Waals surface area (Å²) in [5.74, 6) is 0.310. The zero-order valence-electron chi connectivity index (χ0n) is 10.9. The fourth-order valence-corrected chi connectivity index (χ4v) is 2.86. The maximum atomic E-state index is 12.4. The molecule has 0 aromatic heterocycles. The molecule has 1 fully saturated rings. The zero-order chi connectivity index (χ0) is 14.0. The number of hydrogen-bond acceptors (Lipinski definition) is 3. The van der Waals surface area contributed by atoms with Gasteiger partial charge < -0.3 is 15.0 Å². The van der Waals surface area contributed by atoms with Crippen molar-refractivity contribution in [3.63, 3.8) is 0 Å². The van der Waals surface area contributed by atoms with Crippen molar-refractivity contribution < 1.29 is 9.53 Å². The van der Waals surface area contributed by atoms with E-state index in [1.54, 1.807) is 24.1 Å². The number of nitrogens with one attached hydrogen (secondary N) is 1. The predicted octanol–water partition coefficient (Wildman–Crippen LogP) is 2.44. The number of likely N-dealkylation sites (N-methyl/N-ethyl adjacent to an activating group) is 1. The average molecular weight is 303 g/mol. The summed E-state index contributed by atoms with van der Waals surface area (Å²) in [5.41, 5.74) is 0.477. The van der Waals surface area contributed by atoms with Gasteiger partial charge >= 0.3 is 0 Å². The van der Waals surface area contributed by atoms with Crippen molar-refractivity contribution in [1.29, 1.82) is 0 Å². The number of hydrogen-bond donors (Lipinski definition) is 1. The molecule has 0 aliphatic carbocycles. The van der Waals surface area contributed by atoms with Gasteiger partial charge in [0.05, 0.1) is 17.2 Å². The van der Waals surface area contributed by atoms with Gasteiger partial charge in [-0.25, -0.2) is 0 Å². The summed E-state index contributed by atoms with van der Waals surface area (Å²) >= 11 is 12.1. The van der Waals surface area contributed by atoms with Crippen molar-refractivity contribution in [1.82, 2.24) is 10.2 Å². The minimum Gasteiger partial charge on any atom is -0.494 e. The molecule has 0 spiro atoms. The molecule has 104 valence electrons. The van der Waals surface area contributed by atoms with Gasteiger partial charge in [-0.15, -0.1) is 0 Å². The van der Waals surface area contributed by atoms with Gasteiger partial charge in [0.2, 0.25) is 0 Å². The summed E-state index contributed by atoms with van der Waals surface area (Å²) in [7, 11) is 3.29. The number of carbonyl (C=O) groups is 1. The molecule has 1 heterocycles. The van der Waals surface area contributed by atoms with E-state index in [2.05, 4.69) is 5.32 Å². The Balaban J connectivity index is 2.23. The lowest BCUT2D eigenvalue weighted by molar-refractivity contribution is 0.0744. The first kappa shape index (κ1) is 14.4. The van der Waals surface area contributed by atoms with Gasteiger partial charge in [0.1, 0.15) is 0 Å². The van der Waals surface area contributed by atoms with Crippen LogP contribution in [0.15, 0.2) is 12.1 Å². The standard InChI is InChI=1S/C13H16Cl2N2O2/c1-17(9-3-4-16-7-9)13(18)8-5-10(14)12(19-2)11(15)6-8/h5-6,9,16H,3-4,7H2,1-2H3. The van der Waals surface area contributed by atoms with Crippen LogP contribution in [0.25, 0.3) is 0 Å². The van der Waals surface area contributed by atoms with Crippen LogP contribution < -0.4 is 10.1 Å². The third-order valence-electron chi connectivity index (χ3n) is 3.35. The van der Waals surface area contributed by atoms with Crippen molar-refractivity contribution >= 4 is 29.1 Å². The number of methoxy groups -OCH3 is 1. The van der Waals surface area contributed by atoms with Crippen LogP contribution in [0, 0.1) is 0 Å². The molecular formula is C13H16Cl2N2O2. The van der Waals surface area contributed by atoms with E-state index in [0.29, 0.717) is 21.4 Å². The second kappa shape index (κ2) is 5.99. The Hall–Kier alpha value is -0.970. The highest BCUT2D eigenvalue weighted by Crippen LogP contribution is 2.34. The summed E-state index contributed by atoms with van der Waals surface area (Å²) in [6.07, 6.45) is 0.958. The molecule has 1 atom stereocenters. The highest BCUT2D eigenvalue weighted by Gasteiger charge is 2.25. The minimum absolute atomic E-state index is 0.0832. The Labute approximate surface area is 122 Å².